The van der Waals surface area contributed by atoms with Crippen LogP contribution in [0.1, 0.15) is 18.4 Å². The number of hydrogen-bond acceptors (Lipinski definition) is 3. The summed E-state index contributed by atoms with van der Waals surface area (Å²) in [6, 6.07) is 5.81. The number of nitrogens with zero attached hydrogens (tertiary/aromatic N) is 1. The summed E-state index contributed by atoms with van der Waals surface area (Å²) in [6.07, 6.45) is 1.27. The number of carbonyl (C=O) groups is 2. The van der Waals surface area contributed by atoms with Gasteiger partial charge in [-0.3, -0.25) is 9.59 Å². The lowest BCUT2D eigenvalue weighted by Crippen LogP contribution is -2.36. The Morgan fingerprint density at radius 2 is 2.30 bits per heavy atom. The van der Waals surface area contributed by atoms with Crippen LogP contribution >= 0.6 is 15.9 Å². The van der Waals surface area contributed by atoms with Gasteiger partial charge in [0.25, 0.3) is 0 Å². The molecule has 0 spiro atoms. The SMILES string of the molecule is Cc1cc(N2CC(C(=O)NCC3CCOC3)CC2=O)ccc1Br. The van der Waals surface area contributed by atoms with Crippen molar-refractivity contribution in [3.8, 4) is 0 Å². The van der Waals surface area contributed by atoms with E-state index in [1.54, 1.807) is 4.90 Å². The Morgan fingerprint density at radius 3 is 3.00 bits per heavy atom. The lowest BCUT2D eigenvalue weighted by molar-refractivity contribution is -0.126. The van der Waals surface area contributed by atoms with E-state index in [-0.39, 0.29) is 24.2 Å². The van der Waals surface area contributed by atoms with Crippen LogP contribution in [0, 0.1) is 18.8 Å². The van der Waals surface area contributed by atoms with Crippen molar-refractivity contribution in [2.75, 3.05) is 31.2 Å². The third kappa shape index (κ3) is 3.75. The summed E-state index contributed by atoms with van der Waals surface area (Å²) in [4.78, 5) is 26.3. The van der Waals surface area contributed by atoms with E-state index in [1.807, 2.05) is 25.1 Å². The van der Waals surface area contributed by atoms with E-state index in [0.29, 0.717) is 25.6 Å². The second kappa shape index (κ2) is 7.01. The van der Waals surface area contributed by atoms with Gasteiger partial charge >= 0.3 is 0 Å². The fourth-order valence-electron chi connectivity index (χ4n) is 3.06. The van der Waals surface area contributed by atoms with E-state index in [4.69, 9.17) is 4.74 Å². The summed E-state index contributed by atoms with van der Waals surface area (Å²) in [5.74, 6) is 0.118. The zero-order chi connectivity index (χ0) is 16.4. The summed E-state index contributed by atoms with van der Waals surface area (Å²) >= 11 is 3.46. The molecule has 2 atom stereocenters. The Labute approximate surface area is 144 Å². The topological polar surface area (TPSA) is 58.6 Å². The molecule has 23 heavy (non-hydrogen) atoms. The van der Waals surface area contributed by atoms with Gasteiger partial charge in [-0.05, 0) is 37.1 Å². The van der Waals surface area contributed by atoms with Crippen LogP contribution in [0.3, 0.4) is 0 Å². The molecule has 6 heteroatoms. The van der Waals surface area contributed by atoms with Gasteiger partial charge in [0.15, 0.2) is 0 Å². The zero-order valence-electron chi connectivity index (χ0n) is 13.2. The molecule has 2 unspecified atom stereocenters. The Bertz CT molecular complexity index is 614. The number of ether oxygens (including phenoxy) is 1. The molecule has 2 fully saturated rings. The van der Waals surface area contributed by atoms with E-state index in [0.717, 1.165) is 28.8 Å². The highest BCUT2D eigenvalue weighted by Gasteiger charge is 2.35. The number of amides is 2. The van der Waals surface area contributed by atoms with Crippen molar-refractivity contribution in [2.45, 2.75) is 19.8 Å². The largest absolute Gasteiger partial charge is 0.381 e. The van der Waals surface area contributed by atoms with Crippen LogP contribution in [0.5, 0.6) is 0 Å². The minimum atomic E-state index is -0.270. The molecule has 1 aromatic carbocycles. The predicted octanol–water partition coefficient (Wildman–Crippen LogP) is 2.26. The van der Waals surface area contributed by atoms with Gasteiger partial charge in [-0.15, -0.1) is 0 Å². The van der Waals surface area contributed by atoms with Crippen molar-refractivity contribution >= 4 is 33.4 Å². The van der Waals surface area contributed by atoms with Crippen molar-refractivity contribution in [3.63, 3.8) is 0 Å². The Morgan fingerprint density at radius 1 is 1.48 bits per heavy atom. The second-order valence-corrected chi connectivity index (χ2v) is 7.17. The normalized spacial score (nSPS) is 24.3. The summed E-state index contributed by atoms with van der Waals surface area (Å²) in [6.45, 7) is 4.57. The van der Waals surface area contributed by atoms with Gasteiger partial charge in [-0.1, -0.05) is 15.9 Å². The molecule has 1 aromatic rings. The molecule has 2 heterocycles. The van der Waals surface area contributed by atoms with Crippen LogP contribution in [-0.4, -0.2) is 38.1 Å². The first-order chi connectivity index (χ1) is 11.0. The van der Waals surface area contributed by atoms with E-state index in [2.05, 4.69) is 21.2 Å². The van der Waals surface area contributed by atoms with Crippen LogP contribution in [0.15, 0.2) is 22.7 Å². The second-order valence-electron chi connectivity index (χ2n) is 6.31. The van der Waals surface area contributed by atoms with Gasteiger partial charge in [-0.2, -0.15) is 0 Å². The van der Waals surface area contributed by atoms with Crippen molar-refractivity contribution in [2.24, 2.45) is 11.8 Å². The molecule has 3 rings (SSSR count). The molecule has 0 radical (unpaired) electrons. The molecule has 0 saturated carbocycles. The first-order valence-corrected chi connectivity index (χ1v) is 8.76. The molecule has 2 aliphatic heterocycles. The van der Waals surface area contributed by atoms with Crippen molar-refractivity contribution in [1.82, 2.24) is 5.32 Å². The molecule has 1 N–H and O–H groups in total. The van der Waals surface area contributed by atoms with Crippen LogP contribution in [-0.2, 0) is 14.3 Å². The number of aryl methyl sites for hydroxylation is 1. The Balaban J connectivity index is 1.59. The van der Waals surface area contributed by atoms with Gasteiger partial charge in [0.2, 0.25) is 11.8 Å². The average molecular weight is 381 g/mol. The van der Waals surface area contributed by atoms with Gasteiger partial charge in [0.1, 0.15) is 0 Å². The maximum atomic E-state index is 12.3. The fourth-order valence-corrected chi connectivity index (χ4v) is 3.31. The van der Waals surface area contributed by atoms with Crippen LogP contribution in [0.2, 0.25) is 0 Å². The summed E-state index contributed by atoms with van der Waals surface area (Å²) in [5, 5.41) is 2.97. The predicted molar refractivity (Wildman–Crippen MR) is 91.3 cm³/mol. The van der Waals surface area contributed by atoms with Gasteiger partial charge < -0.3 is 15.0 Å². The van der Waals surface area contributed by atoms with Gasteiger partial charge in [0, 0.05) is 42.2 Å². The maximum Gasteiger partial charge on any atom is 0.227 e. The van der Waals surface area contributed by atoms with Gasteiger partial charge in [0.05, 0.1) is 12.5 Å². The molecule has 0 aliphatic carbocycles. The quantitative estimate of drug-likeness (QED) is 0.871. The highest BCUT2D eigenvalue weighted by atomic mass is 79.9. The minimum Gasteiger partial charge on any atom is -0.381 e. The number of halogens is 1. The summed E-state index contributed by atoms with van der Waals surface area (Å²) in [7, 11) is 0. The van der Waals surface area contributed by atoms with E-state index >= 15 is 0 Å². The van der Waals surface area contributed by atoms with Crippen LogP contribution < -0.4 is 10.2 Å². The Kier molecular flexibility index (Phi) is 5.02. The highest BCUT2D eigenvalue weighted by Crippen LogP contribution is 2.28. The number of nitrogens with one attached hydrogen (secondary N) is 1. The van der Waals surface area contributed by atoms with E-state index in [1.165, 1.54) is 0 Å². The molecule has 0 bridgehead atoms. The number of benzene rings is 1. The fraction of sp³-hybridized carbons (Fsp3) is 0.529. The number of rotatable bonds is 4. The third-order valence-electron chi connectivity index (χ3n) is 4.54. The third-order valence-corrected chi connectivity index (χ3v) is 5.43. The van der Waals surface area contributed by atoms with Crippen molar-refractivity contribution < 1.29 is 14.3 Å². The Hall–Kier alpha value is -1.40. The lowest BCUT2D eigenvalue weighted by Gasteiger charge is -2.18. The standard InChI is InChI=1S/C17H21BrN2O3/c1-11-6-14(2-3-15(11)18)20-9-13(7-16(20)21)17(22)19-8-12-4-5-23-10-12/h2-3,6,12-13H,4-5,7-10H2,1H3,(H,19,22). The average Bonchev–Trinajstić information content (AvgIpc) is 3.17. The number of carbonyl (C=O) groups excluding carboxylic acids is 2. The smallest absolute Gasteiger partial charge is 0.227 e. The van der Waals surface area contributed by atoms with Crippen LogP contribution in [0.4, 0.5) is 5.69 Å². The zero-order valence-corrected chi connectivity index (χ0v) is 14.8. The maximum absolute atomic E-state index is 12.3. The molecular formula is C17H21BrN2O3. The van der Waals surface area contributed by atoms with E-state index < -0.39 is 0 Å². The van der Waals surface area contributed by atoms with Crippen molar-refractivity contribution in [1.29, 1.82) is 0 Å². The molecule has 2 saturated heterocycles. The van der Waals surface area contributed by atoms with Crippen molar-refractivity contribution in [3.05, 3.63) is 28.2 Å². The summed E-state index contributed by atoms with van der Waals surface area (Å²) in [5.41, 5.74) is 1.93. The highest BCUT2D eigenvalue weighted by molar-refractivity contribution is 9.10. The first kappa shape index (κ1) is 16.5. The summed E-state index contributed by atoms with van der Waals surface area (Å²) < 4.78 is 6.32. The monoisotopic (exact) mass is 380 g/mol. The first-order valence-electron chi connectivity index (χ1n) is 7.96. The molecule has 124 valence electrons. The van der Waals surface area contributed by atoms with Gasteiger partial charge in [-0.25, -0.2) is 0 Å². The lowest BCUT2D eigenvalue weighted by atomic mass is 10.1. The minimum absolute atomic E-state index is 0.0103. The number of anilines is 1. The molecule has 2 aliphatic rings. The molecule has 0 aromatic heterocycles. The van der Waals surface area contributed by atoms with E-state index in [9.17, 15) is 9.59 Å². The molecular weight excluding hydrogens is 360 g/mol. The molecule has 5 nitrogen and oxygen atoms in total. The number of hydrogen-bond donors (Lipinski definition) is 1. The van der Waals surface area contributed by atoms with Crippen LogP contribution in [0.25, 0.3) is 0 Å². The molecule has 2 amide bonds.